The van der Waals surface area contributed by atoms with E-state index in [4.69, 9.17) is 9.26 Å². The van der Waals surface area contributed by atoms with Gasteiger partial charge in [0.1, 0.15) is 11.4 Å². The molecule has 1 N–H and O–H groups in total. The van der Waals surface area contributed by atoms with Crippen LogP contribution in [0.3, 0.4) is 0 Å². The highest BCUT2D eigenvalue weighted by Crippen LogP contribution is 2.51. The summed E-state index contributed by atoms with van der Waals surface area (Å²) in [6, 6.07) is 13.0. The monoisotopic (exact) mass is 479 g/mol. The Labute approximate surface area is 206 Å². The number of ether oxygens (including phenoxy) is 1. The van der Waals surface area contributed by atoms with Crippen molar-refractivity contribution in [3.8, 4) is 11.4 Å². The Bertz CT molecular complexity index is 1180. The number of aliphatic hydroxyl groups is 1. The molecule has 0 saturated carbocycles. The van der Waals surface area contributed by atoms with Crippen LogP contribution >= 0.6 is 0 Å². The molecule has 5 rings (SSSR count). The molecule has 2 aliphatic rings. The maximum atomic E-state index is 16.3. The van der Waals surface area contributed by atoms with Crippen LogP contribution in [0.5, 0.6) is 0 Å². The molecule has 35 heavy (non-hydrogen) atoms. The summed E-state index contributed by atoms with van der Waals surface area (Å²) in [4.78, 5) is 6.67. The molecule has 2 saturated heterocycles. The summed E-state index contributed by atoms with van der Waals surface area (Å²) in [5, 5.41) is 16.5. The summed E-state index contributed by atoms with van der Waals surface area (Å²) in [5.74, 6) is 0.695. The van der Waals surface area contributed by atoms with Gasteiger partial charge < -0.3 is 19.3 Å². The van der Waals surface area contributed by atoms with Gasteiger partial charge in [-0.3, -0.25) is 0 Å². The first-order chi connectivity index (χ1) is 16.7. The third-order valence-corrected chi connectivity index (χ3v) is 7.75. The van der Waals surface area contributed by atoms with Crippen LogP contribution in [0.4, 0.5) is 4.39 Å². The topological polar surface area (TPSA) is 71.6 Å². The smallest absolute Gasteiger partial charge is 0.230 e. The molecule has 0 radical (unpaired) electrons. The normalized spacial score (nSPS) is 20.5. The zero-order valence-corrected chi connectivity index (χ0v) is 20.9. The van der Waals surface area contributed by atoms with Crippen molar-refractivity contribution in [2.45, 2.75) is 51.0 Å². The van der Waals surface area contributed by atoms with Crippen LogP contribution in [0.15, 0.2) is 47.0 Å². The minimum Gasteiger partial charge on any atom is -0.381 e. The van der Waals surface area contributed by atoms with Crippen molar-refractivity contribution >= 4 is 0 Å². The lowest BCUT2D eigenvalue weighted by Crippen LogP contribution is -2.63. The van der Waals surface area contributed by atoms with Crippen LogP contribution in [0.2, 0.25) is 0 Å². The van der Waals surface area contributed by atoms with E-state index in [2.05, 4.69) is 28.9 Å². The summed E-state index contributed by atoms with van der Waals surface area (Å²) in [5.41, 5.74) is 0.240. The highest BCUT2D eigenvalue weighted by molar-refractivity contribution is 5.59. The zero-order chi connectivity index (χ0) is 24.8. The van der Waals surface area contributed by atoms with Crippen LogP contribution in [0, 0.1) is 11.2 Å². The lowest BCUT2D eigenvalue weighted by atomic mass is 9.61. The summed E-state index contributed by atoms with van der Waals surface area (Å²) >= 11 is 0. The van der Waals surface area contributed by atoms with Gasteiger partial charge in [-0.1, -0.05) is 62.3 Å². The molecule has 7 heteroatoms. The summed E-state index contributed by atoms with van der Waals surface area (Å²) in [6.07, 6.45) is 1.62. The van der Waals surface area contributed by atoms with Gasteiger partial charge in [-0.2, -0.15) is 4.98 Å². The van der Waals surface area contributed by atoms with Crippen molar-refractivity contribution in [2.24, 2.45) is 5.41 Å². The lowest BCUT2D eigenvalue weighted by Gasteiger charge is -2.56. The third kappa shape index (κ3) is 4.09. The van der Waals surface area contributed by atoms with E-state index < -0.39 is 16.8 Å². The Morgan fingerprint density at radius 2 is 1.80 bits per heavy atom. The maximum Gasteiger partial charge on any atom is 0.230 e. The van der Waals surface area contributed by atoms with Gasteiger partial charge in [0.05, 0.1) is 5.56 Å². The molecule has 2 aliphatic heterocycles. The number of hydrogen-bond acceptors (Lipinski definition) is 6. The Morgan fingerprint density at radius 1 is 1.11 bits per heavy atom. The van der Waals surface area contributed by atoms with Crippen molar-refractivity contribution < 1.29 is 18.8 Å². The standard InChI is InChI=1S/C28H34FN3O3/c1-18(2)19-8-10-21(11-9-19)28(33,27(3)16-32(4)17-27)23-7-5-6-22(24(23)29)25-30-26(35-31-25)20-12-14-34-15-13-20/h5-11,18,20,33H,12-17H2,1-4H3. The Kier molecular flexibility index (Phi) is 6.28. The number of nitrogens with zero attached hydrogens (tertiary/aromatic N) is 3. The highest BCUT2D eigenvalue weighted by Gasteiger charge is 2.56. The fourth-order valence-electron chi connectivity index (χ4n) is 5.75. The fourth-order valence-corrected chi connectivity index (χ4v) is 5.75. The number of aromatic nitrogens is 2. The molecule has 1 atom stereocenters. The molecule has 0 aliphatic carbocycles. The molecule has 3 aromatic rings. The first kappa shape index (κ1) is 24.1. The van der Waals surface area contributed by atoms with E-state index in [1.807, 2.05) is 38.2 Å². The minimum absolute atomic E-state index is 0.122. The van der Waals surface area contributed by atoms with Crippen LogP contribution in [0.25, 0.3) is 11.4 Å². The van der Waals surface area contributed by atoms with Gasteiger partial charge in [0, 0.05) is 43.2 Å². The molecule has 3 heterocycles. The summed E-state index contributed by atoms with van der Waals surface area (Å²) in [7, 11) is 2.01. The Morgan fingerprint density at radius 3 is 2.43 bits per heavy atom. The van der Waals surface area contributed by atoms with E-state index in [1.54, 1.807) is 18.2 Å². The van der Waals surface area contributed by atoms with Crippen LogP contribution in [0.1, 0.15) is 68.0 Å². The molecule has 2 fully saturated rings. The van der Waals surface area contributed by atoms with Crippen LogP contribution in [-0.4, -0.2) is 53.5 Å². The summed E-state index contributed by atoms with van der Waals surface area (Å²) in [6.45, 7) is 8.89. The number of likely N-dealkylation sites (tertiary alicyclic amines) is 1. The molecule has 0 amide bonds. The summed E-state index contributed by atoms with van der Waals surface area (Å²) < 4.78 is 27.2. The molecule has 1 aromatic heterocycles. The highest BCUT2D eigenvalue weighted by atomic mass is 19.1. The first-order valence-electron chi connectivity index (χ1n) is 12.4. The van der Waals surface area contributed by atoms with Gasteiger partial charge in [-0.05, 0) is 43.0 Å². The lowest BCUT2D eigenvalue weighted by molar-refractivity contribution is -0.128. The number of hydrogen-bond donors (Lipinski definition) is 1. The Balaban J connectivity index is 1.58. The van der Waals surface area contributed by atoms with Crippen molar-refractivity contribution in [1.82, 2.24) is 15.0 Å². The van der Waals surface area contributed by atoms with E-state index in [-0.39, 0.29) is 22.9 Å². The van der Waals surface area contributed by atoms with Gasteiger partial charge in [-0.15, -0.1) is 0 Å². The van der Waals surface area contributed by atoms with E-state index in [1.165, 1.54) is 5.56 Å². The van der Waals surface area contributed by atoms with E-state index in [9.17, 15) is 5.11 Å². The van der Waals surface area contributed by atoms with E-state index in [0.717, 1.165) is 12.8 Å². The quantitative estimate of drug-likeness (QED) is 0.532. The van der Waals surface area contributed by atoms with Gasteiger partial charge in [0.2, 0.25) is 11.7 Å². The SMILES string of the molecule is CC(C)c1ccc(C(O)(c2cccc(-c3noc(C4CCOCC4)n3)c2F)C2(C)CN(C)C2)cc1. The largest absolute Gasteiger partial charge is 0.381 e. The molecule has 0 spiro atoms. The third-order valence-electron chi connectivity index (χ3n) is 7.75. The molecule has 186 valence electrons. The van der Waals surface area contributed by atoms with Crippen molar-refractivity contribution in [3.05, 3.63) is 70.9 Å². The fraction of sp³-hybridized carbons (Fsp3) is 0.500. The zero-order valence-electron chi connectivity index (χ0n) is 20.9. The first-order valence-corrected chi connectivity index (χ1v) is 12.4. The van der Waals surface area contributed by atoms with Crippen LogP contribution < -0.4 is 0 Å². The van der Waals surface area contributed by atoms with E-state index in [0.29, 0.717) is 43.7 Å². The minimum atomic E-state index is -1.53. The molecule has 6 nitrogen and oxygen atoms in total. The number of rotatable bonds is 6. The molecular formula is C28H34FN3O3. The maximum absolute atomic E-state index is 16.3. The molecule has 1 unspecified atom stereocenters. The second kappa shape index (κ2) is 9.12. The van der Waals surface area contributed by atoms with Crippen molar-refractivity contribution in [2.75, 3.05) is 33.4 Å². The van der Waals surface area contributed by atoms with Crippen LogP contribution in [-0.2, 0) is 10.3 Å². The predicted octanol–water partition coefficient (Wildman–Crippen LogP) is 5.08. The molecule has 2 aromatic carbocycles. The molecular weight excluding hydrogens is 445 g/mol. The van der Waals surface area contributed by atoms with Gasteiger partial charge in [-0.25, -0.2) is 4.39 Å². The Hall–Kier alpha value is -2.61. The second-order valence-corrected chi connectivity index (χ2v) is 10.7. The second-order valence-electron chi connectivity index (χ2n) is 10.7. The van der Waals surface area contributed by atoms with Gasteiger partial charge in [0.15, 0.2) is 0 Å². The van der Waals surface area contributed by atoms with Gasteiger partial charge in [0.25, 0.3) is 0 Å². The molecule has 0 bridgehead atoms. The number of benzene rings is 2. The average molecular weight is 480 g/mol. The van der Waals surface area contributed by atoms with Gasteiger partial charge >= 0.3 is 0 Å². The number of halogens is 1. The van der Waals surface area contributed by atoms with Crippen molar-refractivity contribution in [3.63, 3.8) is 0 Å². The van der Waals surface area contributed by atoms with E-state index >= 15 is 4.39 Å². The predicted molar refractivity (Wildman–Crippen MR) is 132 cm³/mol. The average Bonchev–Trinajstić information content (AvgIpc) is 3.33. The van der Waals surface area contributed by atoms with Crippen molar-refractivity contribution in [1.29, 1.82) is 0 Å².